The zero-order valence-corrected chi connectivity index (χ0v) is 11.5. The number of amides is 1. The van der Waals surface area contributed by atoms with E-state index in [1.807, 2.05) is 11.4 Å². The third-order valence-corrected chi connectivity index (χ3v) is 4.22. The van der Waals surface area contributed by atoms with Gasteiger partial charge in [0.2, 0.25) is 0 Å². The summed E-state index contributed by atoms with van der Waals surface area (Å²) in [5, 5.41) is 7.61. The number of aromatic nitrogens is 1. The van der Waals surface area contributed by atoms with Crippen LogP contribution in [0.15, 0.2) is 22.9 Å². The van der Waals surface area contributed by atoms with Crippen LogP contribution in [0.25, 0.3) is 0 Å². The summed E-state index contributed by atoms with van der Waals surface area (Å²) in [6, 6.07) is 4.08. The summed E-state index contributed by atoms with van der Waals surface area (Å²) in [6.07, 6.45) is 1.59. The molecule has 0 aliphatic rings. The first kappa shape index (κ1) is 13.2. The average molecular weight is 281 g/mol. The second kappa shape index (κ2) is 6.63. The molecule has 0 fully saturated rings. The van der Waals surface area contributed by atoms with Crippen LogP contribution in [-0.2, 0) is 12.8 Å². The van der Waals surface area contributed by atoms with Crippen molar-refractivity contribution in [2.45, 2.75) is 12.8 Å². The van der Waals surface area contributed by atoms with Crippen molar-refractivity contribution in [1.29, 1.82) is 0 Å². The SMILES string of the molecule is NCCc1nc(C(=O)NCCc2cccs2)cs1. The summed E-state index contributed by atoms with van der Waals surface area (Å²) in [7, 11) is 0. The minimum absolute atomic E-state index is 0.105. The Bertz CT molecular complexity index is 493. The number of nitrogens with one attached hydrogen (secondary N) is 1. The molecule has 0 saturated heterocycles. The van der Waals surface area contributed by atoms with Gasteiger partial charge in [0, 0.05) is 23.2 Å². The van der Waals surface area contributed by atoms with Crippen LogP contribution in [0.1, 0.15) is 20.4 Å². The van der Waals surface area contributed by atoms with Crippen LogP contribution >= 0.6 is 22.7 Å². The number of thiophene rings is 1. The second-order valence-corrected chi connectivity index (χ2v) is 5.73. The van der Waals surface area contributed by atoms with Crippen LogP contribution in [0.2, 0.25) is 0 Å². The van der Waals surface area contributed by atoms with Crippen molar-refractivity contribution in [3.63, 3.8) is 0 Å². The monoisotopic (exact) mass is 281 g/mol. The molecule has 96 valence electrons. The number of carbonyl (C=O) groups is 1. The molecular weight excluding hydrogens is 266 g/mol. The second-order valence-electron chi connectivity index (χ2n) is 3.75. The predicted octanol–water partition coefficient (Wildman–Crippen LogP) is 1.68. The maximum Gasteiger partial charge on any atom is 0.270 e. The Morgan fingerprint density at radius 1 is 1.39 bits per heavy atom. The van der Waals surface area contributed by atoms with Crippen LogP contribution in [-0.4, -0.2) is 24.0 Å². The van der Waals surface area contributed by atoms with Gasteiger partial charge in [-0.1, -0.05) is 6.07 Å². The van der Waals surface area contributed by atoms with Crippen LogP contribution in [0, 0.1) is 0 Å². The molecule has 1 amide bonds. The topological polar surface area (TPSA) is 68.0 Å². The minimum atomic E-state index is -0.105. The lowest BCUT2D eigenvalue weighted by Gasteiger charge is -2.01. The summed E-state index contributed by atoms with van der Waals surface area (Å²) in [5.41, 5.74) is 5.94. The number of carbonyl (C=O) groups excluding carboxylic acids is 1. The summed E-state index contributed by atoms with van der Waals surface area (Å²) in [4.78, 5) is 17.3. The lowest BCUT2D eigenvalue weighted by atomic mass is 10.3. The fourth-order valence-corrected chi connectivity index (χ4v) is 3.00. The molecule has 0 aliphatic heterocycles. The van der Waals surface area contributed by atoms with E-state index in [0.29, 0.717) is 18.8 Å². The van der Waals surface area contributed by atoms with E-state index in [1.165, 1.54) is 16.2 Å². The summed E-state index contributed by atoms with van der Waals surface area (Å²) < 4.78 is 0. The van der Waals surface area contributed by atoms with Crippen molar-refractivity contribution in [3.8, 4) is 0 Å². The maximum absolute atomic E-state index is 11.8. The first-order valence-electron chi connectivity index (χ1n) is 5.74. The van der Waals surface area contributed by atoms with Gasteiger partial charge in [0.1, 0.15) is 5.69 Å². The maximum atomic E-state index is 11.8. The third-order valence-electron chi connectivity index (χ3n) is 2.38. The van der Waals surface area contributed by atoms with Gasteiger partial charge in [0.15, 0.2) is 0 Å². The summed E-state index contributed by atoms with van der Waals surface area (Å²) >= 11 is 3.19. The highest BCUT2D eigenvalue weighted by molar-refractivity contribution is 7.10. The van der Waals surface area contributed by atoms with Gasteiger partial charge in [-0.2, -0.15) is 0 Å². The molecule has 0 radical (unpaired) electrons. The normalized spacial score (nSPS) is 10.5. The number of rotatable bonds is 6. The molecule has 18 heavy (non-hydrogen) atoms. The van der Waals surface area contributed by atoms with Crippen LogP contribution in [0.3, 0.4) is 0 Å². The smallest absolute Gasteiger partial charge is 0.270 e. The zero-order chi connectivity index (χ0) is 12.8. The molecular formula is C12H15N3OS2. The Morgan fingerprint density at radius 2 is 2.28 bits per heavy atom. The van der Waals surface area contributed by atoms with Crippen LogP contribution in [0.4, 0.5) is 0 Å². The molecule has 2 aromatic rings. The number of nitrogens with zero attached hydrogens (tertiary/aromatic N) is 1. The van der Waals surface area contributed by atoms with Crippen molar-refractivity contribution >= 4 is 28.6 Å². The van der Waals surface area contributed by atoms with E-state index in [1.54, 1.807) is 16.7 Å². The molecule has 3 N–H and O–H groups in total. The van der Waals surface area contributed by atoms with E-state index in [2.05, 4.69) is 16.4 Å². The van der Waals surface area contributed by atoms with Crippen molar-refractivity contribution in [3.05, 3.63) is 38.5 Å². The Labute approximate surface area is 114 Å². The standard InChI is InChI=1S/C12H15N3OS2/c13-5-3-11-15-10(8-18-11)12(16)14-6-4-9-2-1-7-17-9/h1-2,7-8H,3-6,13H2,(H,14,16). The van der Waals surface area contributed by atoms with Gasteiger partial charge in [0.05, 0.1) is 5.01 Å². The molecule has 4 nitrogen and oxygen atoms in total. The quantitative estimate of drug-likeness (QED) is 0.846. The van der Waals surface area contributed by atoms with E-state index >= 15 is 0 Å². The van der Waals surface area contributed by atoms with Gasteiger partial charge in [0.25, 0.3) is 5.91 Å². The molecule has 2 heterocycles. The Kier molecular flexibility index (Phi) is 4.86. The molecule has 0 aliphatic carbocycles. The van der Waals surface area contributed by atoms with Crippen molar-refractivity contribution < 1.29 is 4.79 Å². The minimum Gasteiger partial charge on any atom is -0.350 e. The molecule has 2 rings (SSSR count). The molecule has 0 aromatic carbocycles. The summed E-state index contributed by atoms with van der Waals surface area (Å²) in [6.45, 7) is 1.20. The third kappa shape index (κ3) is 3.63. The molecule has 0 atom stereocenters. The van der Waals surface area contributed by atoms with E-state index in [4.69, 9.17) is 5.73 Å². The fraction of sp³-hybridized carbons (Fsp3) is 0.333. The molecule has 0 spiro atoms. The highest BCUT2D eigenvalue weighted by Gasteiger charge is 2.09. The van der Waals surface area contributed by atoms with Crippen LogP contribution < -0.4 is 11.1 Å². The van der Waals surface area contributed by atoms with E-state index < -0.39 is 0 Å². The Hall–Kier alpha value is -1.24. The van der Waals surface area contributed by atoms with Gasteiger partial charge in [-0.25, -0.2) is 4.98 Å². The lowest BCUT2D eigenvalue weighted by molar-refractivity contribution is 0.0949. The lowest BCUT2D eigenvalue weighted by Crippen LogP contribution is -2.25. The van der Waals surface area contributed by atoms with E-state index in [-0.39, 0.29) is 5.91 Å². The van der Waals surface area contributed by atoms with E-state index in [9.17, 15) is 4.79 Å². The first-order valence-corrected chi connectivity index (χ1v) is 7.50. The highest BCUT2D eigenvalue weighted by atomic mass is 32.1. The number of hydrogen-bond acceptors (Lipinski definition) is 5. The van der Waals surface area contributed by atoms with Gasteiger partial charge in [-0.15, -0.1) is 22.7 Å². The fourth-order valence-electron chi connectivity index (χ4n) is 1.50. The van der Waals surface area contributed by atoms with Gasteiger partial charge in [-0.3, -0.25) is 4.79 Å². The number of thiazole rings is 1. The molecule has 6 heteroatoms. The molecule has 2 aromatic heterocycles. The Morgan fingerprint density at radius 3 is 3.00 bits per heavy atom. The van der Waals surface area contributed by atoms with Gasteiger partial charge >= 0.3 is 0 Å². The molecule has 0 bridgehead atoms. The number of hydrogen-bond donors (Lipinski definition) is 2. The summed E-state index contributed by atoms with van der Waals surface area (Å²) in [5.74, 6) is -0.105. The number of nitrogens with two attached hydrogens (primary N) is 1. The predicted molar refractivity (Wildman–Crippen MR) is 75.2 cm³/mol. The van der Waals surface area contributed by atoms with Gasteiger partial charge < -0.3 is 11.1 Å². The van der Waals surface area contributed by atoms with Crippen molar-refractivity contribution in [1.82, 2.24) is 10.3 Å². The molecule has 0 saturated carbocycles. The largest absolute Gasteiger partial charge is 0.350 e. The molecule has 0 unspecified atom stereocenters. The van der Waals surface area contributed by atoms with E-state index in [0.717, 1.165) is 17.8 Å². The average Bonchev–Trinajstić information content (AvgIpc) is 3.00. The zero-order valence-electron chi connectivity index (χ0n) is 9.89. The van der Waals surface area contributed by atoms with Crippen molar-refractivity contribution in [2.24, 2.45) is 5.73 Å². The Balaban J connectivity index is 1.80. The first-order chi connectivity index (χ1) is 8.79. The van der Waals surface area contributed by atoms with Gasteiger partial charge in [-0.05, 0) is 24.4 Å². The van der Waals surface area contributed by atoms with Crippen molar-refractivity contribution in [2.75, 3.05) is 13.1 Å². The highest BCUT2D eigenvalue weighted by Crippen LogP contribution is 2.10. The van der Waals surface area contributed by atoms with Crippen LogP contribution in [0.5, 0.6) is 0 Å².